The number of aromatic nitrogens is 2. The van der Waals surface area contributed by atoms with E-state index in [4.69, 9.17) is 11.6 Å². The number of nitrogens with zero attached hydrogens (tertiary/aromatic N) is 2. The second kappa shape index (κ2) is 5.16. The number of hydrogen-bond donors (Lipinski definition) is 1. The van der Waals surface area contributed by atoms with Crippen LogP contribution in [0.5, 0.6) is 0 Å². The number of nitrogens with one attached hydrogen (secondary N) is 1. The zero-order chi connectivity index (χ0) is 11.4. The van der Waals surface area contributed by atoms with Crippen molar-refractivity contribution >= 4 is 17.5 Å². The van der Waals surface area contributed by atoms with Gasteiger partial charge in [-0.15, -0.1) is 0 Å². The van der Waals surface area contributed by atoms with Crippen LogP contribution in [0.15, 0.2) is 6.20 Å². The van der Waals surface area contributed by atoms with Crippen LogP contribution in [0.3, 0.4) is 0 Å². The third-order valence-corrected chi connectivity index (χ3v) is 2.27. The third-order valence-electron chi connectivity index (χ3n) is 1.90. The second-order valence-corrected chi connectivity index (χ2v) is 4.37. The summed E-state index contributed by atoms with van der Waals surface area (Å²) in [6.07, 6.45) is 1.66. The van der Waals surface area contributed by atoms with Gasteiger partial charge < -0.3 is 5.32 Å². The normalized spacial score (nSPS) is 10.7. The lowest BCUT2D eigenvalue weighted by Crippen LogP contribution is -2.30. The Labute approximate surface area is 94.6 Å². The highest BCUT2D eigenvalue weighted by Gasteiger charge is 2.06. The Hall–Kier alpha value is -1.03. The highest BCUT2D eigenvalue weighted by molar-refractivity contribution is 6.31. The van der Waals surface area contributed by atoms with Gasteiger partial charge in [0.15, 0.2) is 0 Å². The summed E-state index contributed by atoms with van der Waals surface area (Å²) in [6.45, 7) is 6.82. The Morgan fingerprint density at radius 1 is 1.67 bits per heavy atom. The maximum absolute atomic E-state index is 11.4. The van der Waals surface area contributed by atoms with E-state index in [1.165, 1.54) is 0 Å². The Bertz CT molecular complexity index is 327. The molecule has 1 aromatic rings. The number of rotatable bonds is 4. The van der Waals surface area contributed by atoms with Gasteiger partial charge in [0.05, 0.1) is 10.7 Å². The molecule has 0 radical (unpaired) electrons. The number of amides is 1. The number of hydrogen-bond acceptors (Lipinski definition) is 2. The number of aryl methyl sites for hydroxylation is 1. The van der Waals surface area contributed by atoms with Gasteiger partial charge in [0.1, 0.15) is 6.54 Å². The zero-order valence-electron chi connectivity index (χ0n) is 9.25. The molecule has 0 aliphatic heterocycles. The molecule has 1 N–H and O–H groups in total. The van der Waals surface area contributed by atoms with Crippen molar-refractivity contribution < 1.29 is 4.79 Å². The van der Waals surface area contributed by atoms with Gasteiger partial charge in [-0.1, -0.05) is 25.4 Å². The molecular formula is C10H16ClN3O. The molecular weight excluding hydrogens is 214 g/mol. The number of carbonyl (C=O) groups excluding carboxylic acids is 1. The summed E-state index contributed by atoms with van der Waals surface area (Å²) in [6, 6.07) is 0. The molecule has 0 fully saturated rings. The van der Waals surface area contributed by atoms with Crippen LogP contribution in [0.1, 0.15) is 19.5 Å². The first-order chi connectivity index (χ1) is 6.99. The molecule has 0 spiro atoms. The van der Waals surface area contributed by atoms with Gasteiger partial charge in [0.2, 0.25) is 5.91 Å². The predicted octanol–water partition coefficient (Wildman–Crippen LogP) is 1.62. The Balaban J connectivity index is 2.44. The van der Waals surface area contributed by atoms with Crippen molar-refractivity contribution in [2.45, 2.75) is 27.3 Å². The van der Waals surface area contributed by atoms with E-state index in [0.29, 0.717) is 17.5 Å². The van der Waals surface area contributed by atoms with Crippen LogP contribution in [0, 0.1) is 12.8 Å². The van der Waals surface area contributed by atoms with Gasteiger partial charge in [-0.25, -0.2) is 0 Å². The van der Waals surface area contributed by atoms with Gasteiger partial charge in [-0.05, 0) is 12.8 Å². The molecule has 0 saturated heterocycles. The Morgan fingerprint density at radius 3 is 2.80 bits per heavy atom. The van der Waals surface area contributed by atoms with Crippen LogP contribution in [0.4, 0.5) is 0 Å². The largest absolute Gasteiger partial charge is 0.354 e. The van der Waals surface area contributed by atoms with Crippen molar-refractivity contribution in [3.8, 4) is 0 Å². The molecule has 0 atom stereocenters. The van der Waals surface area contributed by atoms with E-state index in [1.807, 2.05) is 6.92 Å². The fraction of sp³-hybridized carbons (Fsp3) is 0.600. The molecule has 0 saturated carbocycles. The van der Waals surface area contributed by atoms with Crippen molar-refractivity contribution in [3.63, 3.8) is 0 Å². The maximum atomic E-state index is 11.4. The molecule has 0 aliphatic rings. The van der Waals surface area contributed by atoms with Crippen LogP contribution >= 0.6 is 11.6 Å². The predicted molar refractivity (Wildman–Crippen MR) is 59.8 cm³/mol. The lowest BCUT2D eigenvalue weighted by molar-refractivity contribution is -0.122. The summed E-state index contributed by atoms with van der Waals surface area (Å²) >= 11 is 5.83. The molecule has 5 heteroatoms. The van der Waals surface area contributed by atoms with Gasteiger partial charge in [0.25, 0.3) is 0 Å². The summed E-state index contributed by atoms with van der Waals surface area (Å²) in [7, 11) is 0. The molecule has 84 valence electrons. The van der Waals surface area contributed by atoms with Gasteiger partial charge in [-0.2, -0.15) is 5.10 Å². The molecule has 0 unspecified atom stereocenters. The topological polar surface area (TPSA) is 46.9 Å². The quantitative estimate of drug-likeness (QED) is 0.853. The van der Waals surface area contributed by atoms with Crippen LogP contribution < -0.4 is 5.32 Å². The summed E-state index contributed by atoms with van der Waals surface area (Å²) in [4.78, 5) is 11.4. The standard InChI is InChI=1S/C10H16ClN3O/c1-7(2)4-12-10(15)6-14-5-9(11)8(3)13-14/h5,7H,4,6H2,1-3H3,(H,12,15). The fourth-order valence-corrected chi connectivity index (χ4v) is 1.25. The lowest BCUT2D eigenvalue weighted by Gasteiger charge is -2.07. The van der Waals surface area contributed by atoms with Gasteiger partial charge in [-0.3, -0.25) is 9.48 Å². The van der Waals surface area contributed by atoms with Crippen LogP contribution in [-0.2, 0) is 11.3 Å². The molecule has 1 amide bonds. The first-order valence-electron chi connectivity index (χ1n) is 4.95. The SMILES string of the molecule is Cc1nn(CC(=O)NCC(C)C)cc1Cl. The van der Waals surface area contributed by atoms with Crippen LogP contribution in [0.2, 0.25) is 5.02 Å². The highest BCUT2D eigenvalue weighted by Crippen LogP contribution is 2.11. The second-order valence-electron chi connectivity index (χ2n) is 3.96. The number of carbonyl (C=O) groups is 1. The monoisotopic (exact) mass is 229 g/mol. The lowest BCUT2D eigenvalue weighted by atomic mass is 10.2. The first-order valence-corrected chi connectivity index (χ1v) is 5.33. The molecule has 0 bridgehead atoms. The average molecular weight is 230 g/mol. The molecule has 4 nitrogen and oxygen atoms in total. The fourth-order valence-electron chi connectivity index (χ4n) is 1.10. The van der Waals surface area contributed by atoms with E-state index in [9.17, 15) is 4.79 Å². The highest BCUT2D eigenvalue weighted by atomic mass is 35.5. The van der Waals surface area contributed by atoms with Gasteiger partial charge >= 0.3 is 0 Å². The Kier molecular flexibility index (Phi) is 4.15. The van der Waals surface area contributed by atoms with E-state index < -0.39 is 0 Å². The molecule has 1 aromatic heterocycles. The molecule has 1 heterocycles. The summed E-state index contributed by atoms with van der Waals surface area (Å²) in [5.41, 5.74) is 0.744. The molecule has 15 heavy (non-hydrogen) atoms. The van der Waals surface area contributed by atoms with E-state index >= 15 is 0 Å². The average Bonchev–Trinajstić information content (AvgIpc) is 2.42. The summed E-state index contributed by atoms with van der Waals surface area (Å²) < 4.78 is 1.55. The molecule has 1 rings (SSSR count). The minimum absolute atomic E-state index is 0.0390. The van der Waals surface area contributed by atoms with Crippen LogP contribution in [0.25, 0.3) is 0 Å². The molecule has 0 aliphatic carbocycles. The van der Waals surface area contributed by atoms with Crippen molar-refractivity contribution in [2.24, 2.45) is 5.92 Å². The van der Waals surface area contributed by atoms with Gasteiger partial charge in [0, 0.05) is 12.7 Å². The van der Waals surface area contributed by atoms with E-state index in [2.05, 4.69) is 24.3 Å². The van der Waals surface area contributed by atoms with Crippen LogP contribution in [-0.4, -0.2) is 22.2 Å². The van der Waals surface area contributed by atoms with Crippen molar-refractivity contribution in [1.29, 1.82) is 0 Å². The minimum Gasteiger partial charge on any atom is -0.354 e. The third kappa shape index (κ3) is 3.91. The minimum atomic E-state index is -0.0390. The molecule has 0 aromatic carbocycles. The maximum Gasteiger partial charge on any atom is 0.241 e. The number of halogens is 1. The van der Waals surface area contributed by atoms with E-state index in [0.717, 1.165) is 5.69 Å². The zero-order valence-corrected chi connectivity index (χ0v) is 10.0. The van der Waals surface area contributed by atoms with E-state index in [-0.39, 0.29) is 12.5 Å². The smallest absolute Gasteiger partial charge is 0.241 e. The van der Waals surface area contributed by atoms with Crippen molar-refractivity contribution in [3.05, 3.63) is 16.9 Å². The van der Waals surface area contributed by atoms with Crippen molar-refractivity contribution in [2.75, 3.05) is 6.54 Å². The van der Waals surface area contributed by atoms with E-state index in [1.54, 1.807) is 10.9 Å². The summed E-state index contributed by atoms with van der Waals surface area (Å²) in [5.74, 6) is 0.416. The first kappa shape index (κ1) is 12.0. The Morgan fingerprint density at radius 2 is 2.33 bits per heavy atom. The summed E-state index contributed by atoms with van der Waals surface area (Å²) in [5, 5.41) is 7.51. The van der Waals surface area contributed by atoms with Crippen molar-refractivity contribution in [1.82, 2.24) is 15.1 Å².